The molecule has 0 aliphatic carbocycles. The molecule has 0 saturated carbocycles. The van der Waals surface area contributed by atoms with Crippen molar-refractivity contribution in [3.63, 3.8) is 0 Å². The molecule has 30 heavy (non-hydrogen) atoms. The van der Waals surface area contributed by atoms with Crippen molar-refractivity contribution in [2.75, 3.05) is 5.32 Å². The minimum Gasteiger partial charge on any atom is -0.456 e. The summed E-state index contributed by atoms with van der Waals surface area (Å²) in [4.78, 5) is 25.2. The van der Waals surface area contributed by atoms with E-state index in [1.165, 1.54) is 6.07 Å². The van der Waals surface area contributed by atoms with Crippen LogP contribution >= 0.6 is 15.9 Å². The first-order chi connectivity index (χ1) is 14.3. The number of carbonyl (C=O) groups excluding carboxylic acids is 1. The molecule has 0 spiro atoms. The third-order valence-electron chi connectivity index (χ3n) is 4.96. The summed E-state index contributed by atoms with van der Waals surface area (Å²) >= 11 is 3.47. The van der Waals surface area contributed by atoms with Gasteiger partial charge in [-0.25, -0.2) is 0 Å². The number of fused-ring (bicyclic) bond motifs is 1. The van der Waals surface area contributed by atoms with Crippen molar-refractivity contribution < 1.29 is 9.21 Å². The third kappa shape index (κ3) is 3.94. The van der Waals surface area contributed by atoms with Crippen LogP contribution in [-0.4, -0.2) is 5.91 Å². The molecule has 150 valence electrons. The lowest BCUT2D eigenvalue weighted by atomic mass is 10.1. The van der Waals surface area contributed by atoms with Gasteiger partial charge in [0.2, 0.25) is 0 Å². The summed E-state index contributed by atoms with van der Waals surface area (Å²) in [7, 11) is 0. The van der Waals surface area contributed by atoms with Crippen molar-refractivity contribution in [3.8, 4) is 11.3 Å². The molecule has 1 aromatic heterocycles. The number of amides is 1. The van der Waals surface area contributed by atoms with E-state index in [-0.39, 0.29) is 11.3 Å². The Bertz CT molecular complexity index is 1340. The zero-order chi connectivity index (χ0) is 21.4. The number of hydrogen-bond donors (Lipinski definition) is 1. The Kier molecular flexibility index (Phi) is 5.31. The number of benzene rings is 3. The Hall–Kier alpha value is -3.18. The van der Waals surface area contributed by atoms with Gasteiger partial charge in [-0.05, 0) is 83.7 Å². The Morgan fingerprint density at radius 3 is 2.33 bits per heavy atom. The average molecular weight is 462 g/mol. The maximum Gasteiger partial charge on any atom is 0.255 e. The van der Waals surface area contributed by atoms with Crippen LogP contribution in [-0.2, 0) is 0 Å². The Morgan fingerprint density at radius 1 is 0.900 bits per heavy atom. The van der Waals surface area contributed by atoms with Gasteiger partial charge >= 0.3 is 0 Å². The second-order valence-corrected chi connectivity index (χ2v) is 8.30. The predicted octanol–water partition coefficient (Wildman–Crippen LogP) is 6.40. The first kappa shape index (κ1) is 20.1. The fourth-order valence-corrected chi connectivity index (χ4v) is 4.05. The van der Waals surface area contributed by atoms with Gasteiger partial charge in [0.15, 0.2) is 5.43 Å². The van der Waals surface area contributed by atoms with E-state index in [9.17, 15) is 9.59 Å². The standard InChI is InChI=1S/C25H20BrNO3/c1-14-4-9-21(20(26)12-14)27-25(29)18-7-5-17(6-8-18)23-13-22(28)19-11-15(2)10-16(3)24(19)30-23/h4-13H,1-3H3,(H,27,29). The first-order valence-corrected chi connectivity index (χ1v) is 10.3. The molecule has 3 aromatic carbocycles. The minimum atomic E-state index is -0.211. The van der Waals surface area contributed by atoms with Gasteiger partial charge in [-0.3, -0.25) is 9.59 Å². The monoisotopic (exact) mass is 461 g/mol. The molecule has 1 heterocycles. The highest BCUT2D eigenvalue weighted by Crippen LogP contribution is 2.27. The smallest absolute Gasteiger partial charge is 0.255 e. The third-order valence-corrected chi connectivity index (χ3v) is 5.62. The quantitative estimate of drug-likeness (QED) is 0.383. The first-order valence-electron chi connectivity index (χ1n) is 9.55. The van der Waals surface area contributed by atoms with Crippen LogP contribution in [0.1, 0.15) is 27.0 Å². The second kappa shape index (κ2) is 7.92. The molecular formula is C25H20BrNO3. The molecule has 0 atom stereocenters. The molecular weight excluding hydrogens is 442 g/mol. The molecule has 5 heteroatoms. The molecule has 4 rings (SSSR count). The van der Waals surface area contributed by atoms with Gasteiger partial charge in [0.25, 0.3) is 5.91 Å². The van der Waals surface area contributed by atoms with Crippen LogP contribution in [0.15, 0.2) is 74.3 Å². The summed E-state index contributed by atoms with van der Waals surface area (Å²) in [6.07, 6.45) is 0. The van der Waals surface area contributed by atoms with Crippen LogP contribution in [0.2, 0.25) is 0 Å². The number of nitrogens with one attached hydrogen (secondary N) is 1. The van der Waals surface area contributed by atoms with Gasteiger partial charge in [0.1, 0.15) is 11.3 Å². The van der Waals surface area contributed by atoms with E-state index < -0.39 is 0 Å². The van der Waals surface area contributed by atoms with E-state index >= 15 is 0 Å². The van der Waals surface area contributed by atoms with Crippen molar-refractivity contribution >= 4 is 38.5 Å². The highest BCUT2D eigenvalue weighted by molar-refractivity contribution is 9.10. The van der Waals surface area contributed by atoms with E-state index in [2.05, 4.69) is 21.2 Å². The van der Waals surface area contributed by atoms with Crippen LogP contribution in [0.5, 0.6) is 0 Å². The fourth-order valence-electron chi connectivity index (χ4n) is 3.45. The van der Waals surface area contributed by atoms with E-state index in [0.717, 1.165) is 26.7 Å². The highest BCUT2D eigenvalue weighted by Gasteiger charge is 2.12. The molecule has 1 N–H and O–H groups in total. The number of aryl methyl sites for hydroxylation is 3. The summed E-state index contributed by atoms with van der Waals surface area (Å²) in [5.74, 6) is 0.269. The average Bonchev–Trinajstić information content (AvgIpc) is 2.71. The second-order valence-electron chi connectivity index (χ2n) is 7.45. The summed E-state index contributed by atoms with van der Waals surface area (Å²) in [6, 6.07) is 18.1. The molecule has 0 radical (unpaired) electrons. The van der Waals surface area contributed by atoms with E-state index in [0.29, 0.717) is 28.0 Å². The number of hydrogen-bond acceptors (Lipinski definition) is 3. The van der Waals surface area contributed by atoms with Crippen LogP contribution in [0.25, 0.3) is 22.3 Å². The Morgan fingerprint density at radius 2 is 1.63 bits per heavy atom. The summed E-state index contributed by atoms with van der Waals surface area (Å²) in [5.41, 5.74) is 5.52. The van der Waals surface area contributed by atoms with Gasteiger partial charge < -0.3 is 9.73 Å². The van der Waals surface area contributed by atoms with Crippen molar-refractivity contribution in [2.45, 2.75) is 20.8 Å². The molecule has 0 fully saturated rings. The van der Waals surface area contributed by atoms with Gasteiger partial charge in [0.05, 0.1) is 11.1 Å². The topological polar surface area (TPSA) is 59.3 Å². The maximum atomic E-state index is 12.6. The van der Waals surface area contributed by atoms with Crippen molar-refractivity contribution in [1.82, 2.24) is 0 Å². The van der Waals surface area contributed by atoms with Crippen molar-refractivity contribution in [1.29, 1.82) is 0 Å². The van der Waals surface area contributed by atoms with Crippen LogP contribution in [0, 0.1) is 20.8 Å². The molecule has 1 amide bonds. The summed E-state index contributed by atoms with van der Waals surface area (Å²) < 4.78 is 6.86. The van der Waals surface area contributed by atoms with Crippen LogP contribution in [0.4, 0.5) is 5.69 Å². The Labute approximate surface area is 182 Å². The van der Waals surface area contributed by atoms with Crippen LogP contribution < -0.4 is 10.7 Å². The lowest BCUT2D eigenvalue weighted by Gasteiger charge is -2.09. The molecule has 4 aromatic rings. The van der Waals surface area contributed by atoms with Gasteiger partial charge in [-0.2, -0.15) is 0 Å². The van der Waals surface area contributed by atoms with Gasteiger partial charge in [0, 0.05) is 21.7 Å². The molecule has 0 saturated heterocycles. The number of carbonyl (C=O) groups is 1. The number of halogens is 1. The predicted molar refractivity (Wildman–Crippen MR) is 124 cm³/mol. The number of rotatable bonds is 3. The van der Waals surface area contributed by atoms with Crippen molar-refractivity contribution in [3.05, 3.63) is 97.6 Å². The van der Waals surface area contributed by atoms with Gasteiger partial charge in [-0.1, -0.05) is 24.3 Å². The molecule has 0 aliphatic rings. The number of anilines is 1. The lowest BCUT2D eigenvalue weighted by Crippen LogP contribution is -2.12. The molecule has 0 aliphatic heterocycles. The molecule has 0 unspecified atom stereocenters. The van der Waals surface area contributed by atoms with E-state index in [4.69, 9.17) is 4.42 Å². The zero-order valence-corrected chi connectivity index (χ0v) is 18.5. The van der Waals surface area contributed by atoms with E-state index in [1.807, 2.05) is 51.1 Å². The largest absolute Gasteiger partial charge is 0.456 e. The minimum absolute atomic E-state index is 0.0795. The van der Waals surface area contributed by atoms with Crippen LogP contribution in [0.3, 0.4) is 0 Å². The summed E-state index contributed by atoms with van der Waals surface area (Å²) in [6.45, 7) is 5.88. The fraction of sp³-hybridized carbons (Fsp3) is 0.120. The maximum absolute atomic E-state index is 12.6. The van der Waals surface area contributed by atoms with Crippen molar-refractivity contribution in [2.24, 2.45) is 0 Å². The normalized spacial score (nSPS) is 10.9. The van der Waals surface area contributed by atoms with Gasteiger partial charge in [-0.15, -0.1) is 0 Å². The van der Waals surface area contributed by atoms with E-state index in [1.54, 1.807) is 24.3 Å². The lowest BCUT2D eigenvalue weighted by molar-refractivity contribution is 0.102. The molecule has 0 bridgehead atoms. The zero-order valence-electron chi connectivity index (χ0n) is 16.9. The molecule has 4 nitrogen and oxygen atoms in total. The Balaban J connectivity index is 1.63. The SMILES string of the molecule is Cc1ccc(NC(=O)c2ccc(-c3cc(=O)c4cc(C)cc(C)c4o3)cc2)c(Br)c1. The summed E-state index contributed by atoms with van der Waals surface area (Å²) in [5, 5.41) is 3.48. The highest BCUT2D eigenvalue weighted by atomic mass is 79.9.